The minimum Gasteiger partial charge on any atom is -0.230 e. The lowest BCUT2D eigenvalue weighted by Crippen LogP contribution is -1.97. The first-order chi connectivity index (χ1) is 6.24. The van der Waals surface area contributed by atoms with E-state index in [9.17, 15) is 4.91 Å². The molecule has 0 radical (unpaired) electrons. The predicted molar refractivity (Wildman–Crippen MR) is 52.8 cm³/mol. The molecule has 0 aliphatic carbocycles. The molecule has 0 heterocycles. The highest BCUT2D eigenvalue weighted by Gasteiger charge is 2.12. The molecule has 72 valence electrons. The first kappa shape index (κ1) is 11.6. The molecule has 13 heavy (non-hydrogen) atoms. The van der Waals surface area contributed by atoms with Crippen molar-refractivity contribution in [3.05, 3.63) is 34.7 Å². The Morgan fingerprint density at radius 2 is 1.92 bits per heavy atom. The number of hydrogen-bond donors (Lipinski definition) is 0. The van der Waals surface area contributed by atoms with E-state index in [0.717, 1.165) is 5.56 Å². The van der Waals surface area contributed by atoms with E-state index >= 15 is 0 Å². The third kappa shape index (κ3) is 3.69. The van der Waals surface area contributed by atoms with Crippen molar-refractivity contribution in [2.24, 2.45) is 0 Å². The predicted octanol–water partition coefficient (Wildman–Crippen LogP) is 2.99. The maximum Gasteiger partial charge on any atom is 0.317 e. The van der Waals surface area contributed by atoms with Crippen LogP contribution in [0.2, 0.25) is 0 Å². The summed E-state index contributed by atoms with van der Waals surface area (Å²) in [5.74, 6) is 0. The second-order valence-corrected chi connectivity index (χ2v) is 2.28. The summed E-state index contributed by atoms with van der Waals surface area (Å²) in [4.78, 5) is 15.8. The first-order valence-electron chi connectivity index (χ1n) is 4.32. The van der Waals surface area contributed by atoms with Gasteiger partial charge in [0.2, 0.25) is 0 Å². The van der Waals surface area contributed by atoms with Crippen LogP contribution in [0, 0.1) is 11.8 Å². The Balaban J connectivity index is 0.000000671. The molecule has 0 unspecified atom stereocenters. The SMILES string of the molecule is CC.CO[N+](=O)c1cccc(C)c1. The lowest BCUT2D eigenvalue weighted by atomic mass is 10.2. The summed E-state index contributed by atoms with van der Waals surface area (Å²) in [6, 6.07) is 7.20. The third-order valence-corrected chi connectivity index (χ3v) is 1.38. The summed E-state index contributed by atoms with van der Waals surface area (Å²) in [6.45, 7) is 5.92. The van der Waals surface area contributed by atoms with Crippen LogP contribution in [0.15, 0.2) is 24.3 Å². The molecule has 0 fully saturated rings. The van der Waals surface area contributed by atoms with E-state index in [0.29, 0.717) is 10.6 Å². The van der Waals surface area contributed by atoms with Gasteiger partial charge in [-0.1, -0.05) is 26.0 Å². The second-order valence-electron chi connectivity index (χ2n) is 2.28. The monoisotopic (exact) mass is 182 g/mol. The maximum atomic E-state index is 10.9. The zero-order chi connectivity index (χ0) is 10.3. The van der Waals surface area contributed by atoms with Crippen molar-refractivity contribution in [1.82, 2.24) is 0 Å². The Morgan fingerprint density at radius 1 is 1.31 bits per heavy atom. The third-order valence-electron chi connectivity index (χ3n) is 1.38. The molecule has 0 saturated carbocycles. The largest absolute Gasteiger partial charge is 0.317 e. The fourth-order valence-corrected chi connectivity index (χ4v) is 0.847. The molecule has 0 spiro atoms. The van der Waals surface area contributed by atoms with E-state index in [4.69, 9.17) is 0 Å². The Labute approximate surface area is 78.9 Å². The van der Waals surface area contributed by atoms with Crippen molar-refractivity contribution in [3.8, 4) is 0 Å². The number of aryl methyl sites for hydroxylation is 1. The maximum absolute atomic E-state index is 10.9. The topological polar surface area (TPSA) is 29.3 Å². The van der Waals surface area contributed by atoms with E-state index in [2.05, 4.69) is 4.84 Å². The zero-order valence-electron chi connectivity index (χ0n) is 8.57. The van der Waals surface area contributed by atoms with Gasteiger partial charge < -0.3 is 0 Å². The molecule has 0 saturated heterocycles. The van der Waals surface area contributed by atoms with Gasteiger partial charge in [-0.25, -0.2) is 4.84 Å². The normalized spacial score (nSPS) is 8.31. The molecule has 1 aromatic rings. The number of nitrogens with zero attached hydrogens (tertiary/aromatic N) is 1. The molecular weight excluding hydrogens is 166 g/mol. The smallest absolute Gasteiger partial charge is 0.230 e. The van der Waals surface area contributed by atoms with Crippen LogP contribution >= 0.6 is 0 Å². The molecule has 1 aromatic carbocycles. The van der Waals surface area contributed by atoms with Gasteiger partial charge in [0.05, 0.1) is 4.91 Å². The summed E-state index contributed by atoms with van der Waals surface area (Å²) >= 11 is 0. The van der Waals surface area contributed by atoms with Crippen molar-refractivity contribution in [2.45, 2.75) is 20.8 Å². The van der Waals surface area contributed by atoms with E-state index in [-0.39, 0.29) is 0 Å². The van der Waals surface area contributed by atoms with Gasteiger partial charge in [0.25, 0.3) is 4.92 Å². The van der Waals surface area contributed by atoms with Crippen molar-refractivity contribution >= 4 is 5.69 Å². The highest BCUT2D eigenvalue weighted by Crippen LogP contribution is 2.12. The summed E-state index contributed by atoms with van der Waals surface area (Å²) in [5.41, 5.74) is 1.56. The standard InChI is InChI=1S/C8H10NO2.C2H6/c1-7-4-3-5-8(6-7)9(10)11-2;1-2/h3-6H,1-2H3;1-2H3/q+1;. The minimum absolute atomic E-state index is 0.479. The summed E-state index contributed by atoms with van der Waals surface area (Å²) < 4.78 is 0. The lowest BCUT2D eigenvalue weighted by molar-refractivity contribution is -0.736. The molecule has 3 heteroatoms. The average Bonchev–Trinajstić information content (AvgIpc) is 2.20. The minimum atomic E-state index is 0.479. The molecule has 0 aromatic heterocycles. The average molecular weight is 182 g/mol. The van der Waals surface area contributed by atoms with E-state index in [1.165, 1.54) is 7.11 Å². The van der Waals surface area contributed by atoms with Gasteiger partial charge in [0, 0.05) is 12.1 Å². The molecule has 0 bridgehead atoms. The molecule has 1 rings (SSSR count). The Morgan fingerprint density at radius 3 is 2.38 bits per heavy atom. The van der Waals surface area contributed by atoms with Crippen LogP contribution in [-0.2, 0) is 4.84 Å². The van der Waals surface area contributed by atoms with Gasteiger partial charge in [0.1, 0.15) is 0 Å². The Hall–Kier alpha value is -1.38. The fourth-order valence-electron chi connectivity index (χ4n) is 0.847. The number of rotatable bonds is 2. The highest BCUT2D eigenvalue weighted by molar-refractivity contribution is 5.32. The van der Waals surface area contributed by atoms with Gasteiger partial charge in [-0.15, -0.1) is 0 Å². The van der Waals surface area contributed by atoms with Crippen LogP contribution in [0.25, 0.3) is 0 Å². The van der Waals surface area contributed by atoms with Gasteiger partial charge >= 0.3 is 5.69 Å². The van der Waals surface area contributed by atoms with Crippen LogP contribution in [0.1, 0.15) is 19.4 Å². The molecule has 0 atom stereocenters. The van der Waals surface area contributed by atoms with Crippen LogP contribution in [-0.4, -0.2) is 12.0 Å². The van der Waals surface area contributed by atoms with Crippen molar-refractivity contribution in [3.63, 3.8) is 0 Å². The molecule has 3 nitrogen and oxygen atoms in total. The van der Waals surface area contributed by atoms with Gasteiger partial charge in [-0.2, -0.15) is 0 Å². The zero-order valence-corrected chi connectivity index (χ0v) is 8.57. The van der Waals surface area contributed by atoms with E-state index < -0.39 is 0 Å². The fraction of sp³-hybridized carbons (Fsp3) is 0.400. The van der Waals surface area contributed by atoms with Crippen LogP contribution in [0.5, 0.6) is 0 Å². The van der Waals surface area contributed by atoms with Crippen LogP contribution in [0.3, 0.4) is 0 Å². The molecular formula is C10H16NO2+. The number of benzene rings is 1. The lowest BCUT2D eigenvalue weighted by Gasteiger charge is -1.89. The molecule has 0 N–H and O–H groups in total. The Kier molecular flexibility index (Phi) is 5.52. The van der Waals surface area contributed by atoms with Crippen molar-refractivity contribution < 1.29 is 9.76 Å². The van der Waals surface area contributed by atoms with Crippen molar-refractivity contribution in [1.29, 1.82) is 0 Å². The first-order valence-corrected chi connectivity index (χ1v) is 4.32. The number of hydrogen-bond acceptors (Lipinski definition) is 2. The molecule has 0 amide bonds. The molecule has 0 aliphatic rings. The van der Waals surface area contributed by atoms with Crippen molar-refractivity contribution in [2.75, 3.05) is 7.11 Å². The van der Waals surface area contributed by atoms with E-state index in [1.54, 1.807) is 12.1 Å². The summed E-state index contributed by atoms with van der Waals surface area (Å²) in [7, 11) is 1.34. The Bertz CT molecular complexity index is 271. The summed E-state index contributed by atoms with van der Waals surface area (Å²) in [6.07, 6.45) is 0. The van der Waals surface area contributed by atoms with Crippen LogP contribution < -0.4 is 0 Å². The summed E-state index contributed by atoms with van der Waals surface area (Å²) in [5, 5.41) is 0. The van der Waals surface area contributed by atoms with E-state index in [1.807, 2.05) is 32.9 Å². The van der Waals surface area contributed by atoms with Gasteiger partial charge in [0.15, 0.2) is 7.11 Å². The highest BCUT2D eigenvalue weighted by atomic mass is 16.8. The molecule has 0 aliphatic heterocycles. The van der Waals surface area contributed by atoms with Crippen LogP contribution in [0.4, 0.5) is 5.69 Å². The van der Waals surface area contributed by atoms with Gasteiger partial charge in [-0.05, 0) is 12.5 Å². The second kappa shape index (κ2) is 6.17. The quantitative estimate of drug-likeness (QED) is 0.658. The van der Waals surface area contributed by atoms with Gasteiger partial charge in [-0.3, -0.25) is 0 Å².